The zero-order valence-electron chi connectivity index (χ0n) is 11.3. The smallest absolute Gasteiger partial charge is 0.118 e. The molecule has 0 spiro atoms. The van der Waals surface area contributed by atoms with Crippen molar-refractivity contribution in [3.8, 4) is 5.75 Å². The van der Waals surface area contributed by atoms with Gasteiger partial charge in [-0.05, 0) is 42.4 Å². The summed E-state index contributed by atoms with van der Waals surface area (Å²) < 4.78 is 10.6. The average molecular weight is 249 g/mol. The molecule has 3 unspecified atom stereocenters. The molecule has 1 aromatic rings. The van der Waals surface area contributed by atoms with Crippen molar-refractivity contribution < 1.29 is 9.47 Å². The summed E-state index contributed by atoms with van der Waals surface area (Å²) in [6.45, 7) is 3.93. The fourth-order valence-corrected chi connectivity index (χ4v) is 2.72. The van der Waals surface area contributed by atoms with Crippen molar-refractivity contribution in [2.24, 2.45) is 17.6 Å². The Labute approximate surface area is 109 Å². The van der Waals surface area contributed by atoms with Gasteiger partial charge in [-0.1, -0.05) is 19.1 Å². The van der Waals surface area contributed by atoms with Gasteiger partial charge in [0, 0.05) is 19.3 Å². The second-order valence-corrected chi connectivity index (χ2v) is 5.22. The summed E-state index contributed by atoms with van der Waals surface area (Å²) in [5, 5.41) is 0. The largest absolute Gasteiger partial charge is 0.497 e. The van der Waals surface area contributed by atoms with Gasteiger partial charge in [0.2, 0.25) is 0 Å². The molecule has 0 saturated carbocycles. The molecule has 0 aromatic heterocycles. The van der Waals surface area contributed by atoms with E-state index in [9.17, 15) is 0 Å². The lowest BCUT2D eigenvalue weighted by atomic mass is 9.81. The third kappa shape index (κ3) is 3.24. The van der Waals surface area contributed by atoms with Gasteiger partial charge < -0.3 is 15.2 Å². The molecule has 3 nitrogen and oxygen atoms in total. The van der Waals surface area contributed by atoms with Crippen molar-refractivity contribution in [3.05, 3.63) is 29.8 Å². The Morgan fingerprint density at radius 2 is 2.11 bits per heavy atom. The van der Waals surface area contributed by atoms with Crippen molar-refractivity contribution in [2.75, 3.05) is 20.3 Å². The van der Waals surface area contributed by atoms with E-state index in [-0.39, 0.29) is 6.04 Å². The maximum Gasteiger partial charge on any atom is 0.118 e. The molecular weight excluding hydrogens is 226 g/mol. The van der Waals surface area contributed by atoms with Gasteiger partial charge >= 0.3 is 0 Å². The van der Waals surface area contributed by atoms with Crippen LogP contribution < -0.4 is 10.5 Å². The van der Waals surface area contributed by atoms with Crippen molar-refractivity contribution >= 4 is 0 Å². The van der Waals surface area contributed by atoms with Crippen LogP contribution in [0, 0.1) is 11.8 Å². The van der Waals surface area contributed by atoms with Crippen LogP contribution in [0.2, 0.25) is 0 Å². The topological polar surface area (TPSA) is 44.5 Å². The molecule has 1 aliphatic rings. The van der Waals surface area contributed by atoms with Crippen LogP contribution in [-0.4, -0.2) is 26.4 Å². The molecule has 1 aromatic carbocycles. The van der Waals surface area contributed by atoms with E-state index in [4.69, 9.17) is 15.2 Å². The van der Waals surface area contributed by atoms with E-state index in [1.165, 1.54) is 5.56 Å². The van der Waals surface area contributed by atoms with Crippen LogP contribution in [0.25, 0.3) is 0 Å². The lowest BCUT2D eigenvalue weighted by Crippen LogP contribution is -2.40. The highest BCUT2D eigenvalue weighted by molar-refractivity contribution is 5.27. The molecule has 1 aliphatic heterocycles. The summed E-state index contributed by atoms with van der Waals surface area (Å²) in [6.07, 6.45) is 2.01. The summed E-state index contributed by atoms with van der Waals surface area (Å²) in [4.78, 5) is 0. The molecule has 2 rings (SSSR count). The van der Waals surface area contributed by atoms with Crippen molar-refractivity contribution in [3.63, 3.8) is 0 Å². The fourth-order valence-electron chi connectivity index (χ4n) is 2.72. The first-order chi connectivity index (χ1) is 8.70. The standard InChI is InChI=1S/C15H23NO2/c1-11-10-18-8-7-14(11)15(16)9-12-3-5-13(17-2)6-4-12/h3-6,11,14-15H,7-10,16H2,1-2H3. The quantitative estimate of drug-likeness (QED) is 0.890. The van der Waals surface area contributed by atoms with Gasteiger partial charge in [0.15, 0.2) is 0 Å². The normalized spacial score (nSPS) is 25.7. The van der Waals surface area contributed by atoms with Crippen LogP contribution in [0.5, 0.6) is 5.75 Å². The average Bonchev–Trinajstić information content (AvgIpc) is 2.40. The highest BCUT2D eigenvalue weighted by Crippen LogP contribution is 2.25. The van der Waals surface area contributed by atoms with Crippen LogP contribution in [0.3, 0.4) is 0 Å². The summed E-state index contributed by atoms with van der Waals surface area (Å²) in [5.41, 5.74) is 7.63. The number of methoxy groups -OCH3 is 1. The van der Waals surface area contributed by atoms with Gasteiger partial charge in [-0.2, -0.15) is 0 Å². The molecule has 1 heterocycles. The number of ether oxygens (including phenoxy) is 2. The minimum absolute atomic E-state index is 0.220. The summed E-state index contributed by atoms with van der Waals surface area (Å²) in [5.74, 6) is 2.03. The molecule has 0 radical (unpaired) electrons. The number of hydrogen-bond donors (Lipinski definition) is 1. The van der Waals surface area contributed by atoms with Crippen molar-refractivity contribution in [1.29, 1.82) is 0 Å². The van der Waals surface area contributed by atoms with E-state index in [0.717, 1.165) is 31.8 Å². The third-order valence-corrected chi connectivity index (χ3v) is 3.89. The van der Waals surface area contributed by atoms with Crippen LogP contribution in [-0.2, 0) is 11.2 Å². The van der Waals surface area contributed by atoms with E-state index >= 15 is 0 Å². The lowest BCUT2D eigenvalue weighted by molar-refractivity contribution is 0.0157. The lowest BCUT2D eigenvalue weighted by Gasteiger charge is -2.33. The molecule has 0 bridgehead atoms. The highest BCUT2D eigenvalue weighted by Gasteiger charge is 2.27. The summed E-state index contributed by atoms with van der Waals surface area (Å²) >= 11 is 0. The highest BCUT2D eigenvalue weighted by atomic mass is 16.5. The SMILES string of the molecule is COc1ccc(CC(N)C2CCOCC2C)cc1. The number of benzene rings is 1. The third-order valence-electron chi connectivity index (χ3n) is 3.89. The maximum absolute atomic E-state index is 6.35. The Balaban J connectivity index is 1.94. The van der Waals surface area contributed by atoms with Gasteiger partial charge in [0.25, 0.3) is 0 Å². The van der Waals surface area contributed by atoms with E-state index < -0.39 is 0 Å². The second-order valence-electron chi connectivity index (χ2n) is 5.22. The maximum atomic E-state index is 6.35. The van der Waals surface area contributed by atoms with E-state index in [1.807, 2.05) is 12.1 Å². The second kappa shape index (κ2) is 6.21. The number of nitrogens with two attached hydrogens (primary N) is 1. The molecule has 18 heavy (non-hydrogen) atoms. The molecule has 1 fully saturated rings. The Bertz CT molecular complexity index is 363. The Hall–Kier alpha value is -1.06. The van der Waals surface area contributed by atoms with Gasteiger partial charge in [-0.25, -0.2) is 0 Å². The molecule has 3 heteroatoms. The van der Waals surface area contributed by atoms with E-state index in [1.54, 1.807) is 7.11 Å². The van der Waals surface area contributed by atoms with E-state index in [2.05, 4.69) is 19.1 Å². The first kappa shape index (κ1) is 13.4. The molecule has 3 atom stereocenters. The zero-order valence-corrected chi connectivity index (χ0v) is 11.3. The van der Waals surface area contributed by atoms with Crippen LogP contribution >= 0.6 is 0 Å². The predicted octanol–water partition coefficient (Wildman–Crippen LogP) is 2.24. The molecular formula is C15H23NO2. The van der Waals surface area contributed by atoms with Gasteiger partial charge in [-0.15, -0.1) is 0 Å². The van der Waals surface area contributed by atoms with Gasteiger partial charge in [0.05, 0.1) is 7.11 Å². The van der Waals surface area contributed by atoms with Crippen LogP contribution in [0.4, 0.5) is 0 Å². The predicted molar refractivity (Wildman–Crippen MR) is 72.8 cm³/mol. The summed E-state index contributed by atoms with van der Waals surface area (Å²) in [6, 6.07) is 8.41. The minimum Gasteiger partial charge on any atom is -0.497 e. The Kier molecular flexibility index (Phi) is 4.61. The fraction of sp³-hybridized carbons (Fsp3) is 0.600. The first-order valence-corrected chi connectivity index (χ1v) is 6.67. The molecule has 2 N–H and O–H groups in total. The monoisotopic (exact) mass is 249 g/mol. The van der Waals surface area contributed by atoms with Crippen molar-refractivity contribution in [2.45, 2.75) is 25.8 Å². The van der Waals surface area contributed by atoms with Gasteiger partial charge in [0.1, 0.15) is 5.75 Å². The van der Waals surface area contributed by atoms with Crippen LogP contribution in [0.15, 0.2) is 24.3 Å². The number of hydrogen-bond acceptors (Lipinski definition) is 3. The first-order valence-electron chi connectivity index (χ1n) is 6.67. The van der Waals surface area contributed by atoms with E-state index in [0.29, 0.717) is 11.8 Å². The Morgan fingerprint density at radius 1 is 1.39 bits per heavy atom. The summed E-state index contributed by atoms with van der Waals surface area (Å²) in [7, 11) is 1.68. The molecule has 1 saturated heterocycles. The Morgan fingerprint density at radius 3 is 2.72 bits per heavy atom. The molecule has 100 valence electrons. The van der Waals surface area contributed by atoms with Crippen molar-refractivity contribution in [1.82, 2.24) is 0 Å². The molecule has 0 amide bonds. The van der Waals surface area contributed by atoms with Gasteiger partial charge in [-0.3, -0.25) is 0 Å². The minimum atomic E-state index is 0.220. The molecule has 0 aliphatic carbocycles. The number of rotatable bonds is 4. The van der Waals surface area contributed by atoms with Crippen LogP contribution in [0.1, 0.15) is 18.9 Å². The zero-order chi connectivity index (χ0) is 13.0.